The number of likely N-dealkylation sites (N-methyl/N-ethyl adjacent to an activating group) is 1. The van der Waals surface area contributed by atoms with Crippen LogP contribution in [0.4, 0.5) is 0 Å². The second kappa shape index (κ2) is 7.37. The van der Waals surface area contributed by atoms with Crippen molar-refractivity contribution in [3.63, 3.8) is 0 Å². The molecule has 1 unspecified atom stereocenters. The zero-order chi connectivity index (χ0) is 14.5. The predicted molar refractivity (Wildman–Crippen MR) is 85.2 cm³/mol. The lowest BCUT2D eigenvalue weighted by atomic mass is 9.90. The molecular formula is C15H24BNOS. The minimum absolute atomic E-state index is 0.0723. The molecule has 1 aromatic carbocycles. The van der Waals surface area contributed by atoms with Gasteiger partial charge < -0.3 is 4.18 Å². The van der Waals surface area contributed by atoms with Gasteiger partial charge in [-0.15, -0.1) is 0 Å². The molecule has 0 fully saturated rings. The molecule has 2 radical (unpaired) electrons. The van der Waals surface area contributed by atoms with E-state index in [1.165, 1.54) is 5.56 Å². The molecule has 0 bridgehead atoms. The second-order valence-corrected chi connectivity index (χ2v) is 6.31. The Morgan fingerprint density at radius 1 is 1.26 bits per heavy atom. The zero-order valence-electron chi connectivity index (χ0n) is 12.6. The van der Waals surface area contributed by atoms with E-state index in [-0.39, 0.29) is 5.54 Å². The van der Waals surface area contributed by atoms with E-state index < -0.39 is 0 Å². The predicted octanol–water partition coefficient (Wildman–Crippen LogP) is 3.84. The largest absolute Gasteiger partial charge is 0.327 e. The van der Waals surface area contributed by atoms with Gasteiger partial charge in [-0.05, 0) is 32.4 Å². The normalized spacial score (nSPS) is 14.1. The number of benzene rings is 1. The summed E-state index contributed by atoms with van der Waals surface area (Å²) < 4.78 is 5.34. The fraction of sp³-hybridized carbons (Fsp3) is 0.600. The van der Waals surface area contributed by atoms with Crippen LogP contribution in [0, 0.1) is 5.92 Å². The maximum Gasteiger partial charge on any atom is 0.203 e. The molecule has 0 aliphatic carbocycles. The average molecular weight is 277 g/mol. The molecule has 104 valence electrons. The summed E-state index contributed by atoms with van der Waals surface area (Å²) in [5, 5.41) is 0. The average Bonchev–Trinajstić information content (AvgIpc) is 2.37. The molecular weight excluding hydrogens is 253 g/mol. The Morgan fingerprint density at radius 3 is 2.32 bits per heavy atom. The van der Waals surface area contributed by atoms with Crippen LogP contribution in [0.5, 0.6) is 0 Å². The number of hydrogen-bond acceptors (Lipinski definition) is 3. The van der Waals surface area contributed by atoms with Crippen LogP contribution in [0.2, 0.25) is 0 Å². The summed E-state index contributed by atoms with van der Waals surface area (Å²) in [5.41, 5.74) is 1.27. The Hall–Kier alpha value is -0.445. The third kappa shape index (κ3) is 4.55. The number of nitrogens with zero attached hydrogens (tertiary/aromatic N) is 1. The van der Waals surface area contributed by atoms with Crippen molar-refractivity contribution in [1.29, 1.82) is 0 Å². The summed E-state index contributed by atoms with van der Waals surface area (Å²) in [5.74, 6) is 0.525. The Balaban J connectivity index is 2.93. The number of rotatable bonds is 7. The van der Waals surface area contributed by atoms with E-state index in [1.54, 1.807) is 0 Å². The molecule has 0 aliphatic heterocycles. The first kappa shape index (κ1) is 16.6. The fourth-order valence-corrected chi connectivity index (χ4v) is 2.72. The summed E-state index contributed by atoms with van der Waals surface area (Å²) in [6.07, 6.45) is 0. The van der Waals surface area contributed by atoms with Gasteiger partial charge in [0.25, 0.3) is 0 Å². The minimum atomic E-state index is -0.0723. The molecule has 0 saturated carbocycles. The van der Waals surface area contributed by atoms with Crippen molar-refractivity contribution in [2.24, 2.45) is 5.92 Å². The van der Waals surface area contributed by atoms with E-state index in [1.807, 2.05) is 0 Å². The van der Waals surface area contributed by atoms with Crippen LogP contribution in [0.3, 0.4) is 0 Å². The van der Waals surface area contributed by atoms with Crippen molar-refractivity contribution < 1.29 is 4.18 Å². The van der Waals surface area contributed by atoms with Gasteiger partial charge in [-0.3, -0.25) is 4.90 Å². The van der Waals surface area contributed by atoms with E-state index in [0.717, 1.165) is 11.9 Å². The van der Waals surface area contributed by atoms with E-state index in [9.17, 15) is 0 Å². The highest BCUT2D eigenvalue weighted by atomic mass is 32.2. The summed E-state index contributed by atoms with van der Waals surface area (Å²) in [6.45, 7) is 9.47. The molecule has 4 heteroatoms. The van der Waals surface area contributed by atoms with Gasteiger partial charge in [0.1, 0.15) is 0 Å². The van der Waals surface area contributed by atoms with Gasteiger partial charge in [-0.1, -0.05) is 56.1 Å². The summed E-state index contributed by atoms with van der Waals surface area (Å²) in [6, 6.07) is 11.0. The lowest BCUT2D eigenvalue weighted by Gasteiger charge is -2.42. The van der Waals surface area contributed by atoms with Crippen LogP contribution in [0.1, 0.15) is 39.3 Å². The van der Waals surface area contributed by atoms with Crippen LogP contribution in [-0.4, -0.2) is 31.2 Å². The Bertz CT molecular complexity index is 370. The lowest BCUT2D eigenvalue weighted by Crippen LogP contribution is -2.47. The van der Waals surface area contributed by atoms with Crippen LogP contribution in [-0.2, 0) is 4.18 Å². The van der Waals surface area contributed by atoms with Crippen molar-refractivity contribution in [2.75, 3.05) is 13.7 Å². The van der Waals surface area contributed by atoms with Gasteiger partial charge in [0.2, 0.25) is 7.12 Å². The first-order valence-electron chi connectivity index (χ1n) is 6.66. The standard InChI is InChI=1S/C15H24BNOS/c1-12(2)14(13-9-7-6-8-10-13)17(5)15(3,4)11-18-19-16/h6-10,12,14H,11H2,1-5H3. The monoisotopic (exact) mass is 277 g/mol. The van der Waals surface area contributed by atoms with Gasteiger partial charge in [-0.25, -0.2) is 0 Å². The Kier molecular flexibility index (Phi) is 6.44. The van der Waals surface area contributed by atoms with E-state index in [4.69, 9.17) is 11.3 Å². The third-order valence-electron chi connectivity index (χ3n) is 3.62. The highest BCUT2D eigenvalue weighted by molar-refractivity contribution is 8.15. The smallest absolute Gasteiger partial charge is 0.203 e. The summed E-state index contributed by atoms with van der Waals surface area (Å²) >= 11 is 0.935. The first-order chi connectivity index (χ1) is 8.90. The summed E-state index contributed by atoms with van der Waals surface area (Å²) in [4.78, 5) is 2.38. The fourth-order valence-electron chi connectivity index (χ4n) is 2.36. The Labute approximate surface area is 123 Å². The molecule has 2 nitrogen and oxygen atoms in total. The molecule has 1 atom stereocenters. The van der Waals surface area contributed by atoms with E-state index >= 15 is 0 Å². The van der Waals surface area contributed by atoms with Crippen LogP contribution in [0.15, 0.2) is 30.3 Å². The van der Waals surface area contributed by atoms with Crippen molar-refractivity contribution in [2.45, 2.75) is 39.3 Å². The van der Waals surface area contributed by atoms with Crippen molar-refractivity contribution in [3.05, 3.63) is 35.9 Å². The zero-order valence-corrected chi connectivity index (χ0v) is 13.4. The van der Waals surface area contributed by atoms with Gasteiger partial charge in [0.15, 0.2) is 0 Å². The van der Waals surface area contributed by atoms with E-state index in [2.05, 4.69) is 70.0 Å². The van der Waals surface area contributed by atoms with Gasteiger partial charge >= 0.3 is 0 Å². The highest BCUT2D eigenvalue weighted by Crippen LogP contribution is 2.33. The molecule has 0 N–H and O–H groups in total. The molecule has 0 spiro atoms. The van der Waals surface area contributed by atoms with E-state index in [0.29, 0.717) is 18.6 Å². The lowest BCUT2D eigenvalue weighted by molar-refractivity contribution is 0.0423. The van der Waals surface area contributed by atoms with Gasteiger partial charge in [-0.2, -0.15) is 0 Å². The minimum Gasteiger partial charge on any atom is -0.327 e. The molecule has 19 heavy (non-hydrogen) atoms. The highest BCUT2D eigenvalue weighted by Gasteiger charge is 2.32. The maximum atomic E-state index is 5.36. The van der Waals surface area contributed by atoms with Gasteiger partial charge in [0, 0.05) is 11.6 Å². The molecule has 0 saturated heterocycles. The molecule has 0 amide bonds. The second-order valence-electron chi connectivity index (χ2n) is 5.88. The molecule has 0 heterocycles. The maximum absolute atomic E-state index is 5.36. The quantitative estimate of drug-likeness (QED) is 0.555. The van der Waals surface area contributed by atoms with Crippen molar-refractivity contribution in [1.82, 2.24) is 4.90 Å². The summed E-state index contributed by atoms with van der Waals surface area (Å²) in [7, 11) is 7.51. The molecule has 1 rings (SSSR count). The third-order valence-corrected chi connectivity index (χ3v) is 3.88. The molecule has 0 aromatic heterocycles. The van der Waals surface area contributed by atoms with Crippen molar-refractivity contribution in [3.8, 4) is 0 Å². The molecule has 0 aliphatic rings. The van der Waals surface area contributed by atoms with Crippen molar-refractivity contribution >= 4 is 19.0 Å². The van der Waals surface area contributed by atoms with Crippen LogP contribution < -0.4 is 0 Å². The van der Waals surface area contributed by atoms with Crippen LogP contribution in [0.25, 0.3) is 0 Å². The molecule has 1 aromatic rings. The number of hydrogen-bond donors (Lipinski definition) is 0. The van der Waals surface area contributed by atoms with Crippen LogP contribution >= 0.6 is 11.9 Å². The SMILES string of the molecule is [B]SOCC(C)(C)N(C)C(c1ccccc1)C(C)C. The van der Waals surface area contributed by atoms with Gasteiger partial charge in [0.05, 0.1) is 6.61 Å². The Morgan fingerprint density at radius 2 is 1.84 bits per heavy atom. The first-order valence-corrected chi connectivity index (χ1v) is 7.47. The topological polar surface area (TPSA) is 12.5 Å².